The van der Waals surface area contributed by atoms with Crippen molar-refractivity contribution in [2.24, 2.45) is 0 Å². The van der Waals surface area contributed by atoms with E-state index in [4.69, 9.17) is 0 Å². The lowest BCUT2D eigenvalue weighted by atomic mass is 10.1. The van der Waals surface area contributed by atoms with Crippen LogP contribution in [-0.2, 0) is 16.0 Å². The zero-order chi connectivity index (χ0) is 17.2. The molecule has 1 aromatic carbocycles. The number of anilines is 2. The fourth-order valence-corrected chi connectivity index (χ4v) is 3.25. The van der Waals surface area contributed by atoms with E-state index in [0.29, 0.717) is 24.6 Å². The number of rotatable bonds is 5. The standard InChI is InChI=1S/C19H22N4O2/c24-18(20-17-12-16(21-22-17)14-6-7-14)11-13-4-8-15(9-5-13)23-10-2-1-3-19(23)25/h4-5,8-9,12,14H,1-3,6-7,10-11H2,(H2,20,21,22,24). The van der Waals surface area contributed by atoms with Crippen molar-refractivity contribution in [2.45, 2.75) is 44.4 Å². The van der Waals surface area contributed by atoms with Gasteiger partial charge in [-0.25, -0.2) is 0 Å². The van der Waals surface area contributed by atoms with Crippen LogP contribution in [0, 0.1) is 0 Å². The first-order valence-corrected chi connectivity index (χ1v) is 8.93. The first kappa shape index (κ1) is 15.9. The Morgan fingerprint density at radius 2 is 2.04 bits per heavy atom. The summed E-state index contributed by atoms with van der Waals surface area (Å²) >= 11 is 0. The second-order valence-electron chi connectivity index (χ2n) is 6.88. The zero-order valence-corrected chi connectivity index (χ0v) is 14.1. The van der Waals surface area contributed by atoms with Gasteiger partial charge in [-0.15, -0.1) is 0 Å². The van der Waals surface area contributed by atoms with Crippen molar-refractivity contribution < 1.29 is 9.59 Å². The summed E-state index contributed by atoms with van der Waals surface area (Å²) in [4.78, 5) is 26.0. The minimum absolute atomic E-state index is 0.0874. The van der Waals surface area contributed by atoms with Crippen LogP contribution >= 0.6 is 0 Å². The van der Waals surface area contributed by atoms with E-state index < -0.39 is 0 Å². The van der Waals surface area contributed by atoms with Gasteiger partial charge in [0.25, 0.3) is 0 Å². The third-order valence-electron chi connectivity index (χ3n) is 4.82. The van der Waals surface area contributed by atoms with Crippen molar-refractivity contribution in [3.8, 4) is 0 Å². The topological polar surface area (TPSA) is 78.1 Å². The molecule has 25 heavy (non-hydrogen) atoms. The molecule has 0 atom stereocenters. The Balaban J connectivity index is 1.35. The van der Waals surface area contributed by atoms with Crippen LogP contribution in [0.3, 0.4) is 0 Å². The van der Waals surface area contributed by atoms with E-state index in [1.807, 2.05) is 35.2 Å². The molecule has 0 bridgehead atoms. The van der Waals surface area contributed by atoms with E-state index in [1.165, 1.54) is 12.8 Å². The van der Waals surface area contributed by atoms with Crippen molar-refractivity contribution in [3.63, 3.8) is 0 Å². The van der Waals surface area contributed by atoms with Crippen LogP contribution in [0.4, 0.5) is 11.5 Å². The predicted molar refractivity (Wildman–Crippen MR) is 95.5 cm³/mol. The molecule has 130 valence electrons. The quantitative estimate of drug-likeness (QED) is 0.880. The number of benzene rings is 1. The molecule has 6 nitrogen and oxygen atoms in total. The summed E-state index contributed by atoms with van der Waals surface area (Å²) in [6, 6.07) is 9.59. The first-order chi connectivity index (χ1) is 12.2. The second kappa shape index (κ2) is 6.70. The summed E-state index contributed by atoms with van der Waals surface area (Å²) in [5.74, 6) is 1.27. The maximum atomic E-state index is 12.2. The largest absolute Gasteiger partial charge is 0.312 e. The molecule has 6 heteroatoms. The first-order valence-electron chi connectivity index (χ1n) is 8.93. The Morgan fingerprint density at radius 1 is 1.24 bits per heavy atom. The van der Waals surface area contributed by atoms with Crippen LogP contribution in [0.5, 0.6) is 0 Å². The lowest BCUT2D eigenvalue weighted by Crippen LogP contribution is -2.35. The van der Waals surface area contributed by atoms with E-state index in [2.05, 4.69) is 15.5 Å². The molecule has 2 amide bonds. The van der Waals surface area contributed by atoms with Gasteiger partial charge in [-0.2, -0.15) is 5.10 Å². The number of carbonyl (C=O) groups excluding carboxylic acids is 2. The highest BCUT2D eigenvalue weighted by molar-refractivity contribution is 5.94. The number of amides is 2. The van der Waals surface area contributed by atoms with Crippen LogP contribution < -0.4 is 10.2 Å². The van der Waals surface area contributed by atoms with E-state index in [1.54, 1.807) is 0 Å². The molecule has 1 aliphatic heterocycles. The average molecular weight is 338 g/mol. The third-order valence-corrected chi connectivity index (χ3v) is 4.82. The van der Waals surface area contributed by atoms with Gasteiger partial charge in [0, 0.05) is 36.3 Å². The van der Waals surface area contributed by atoms with Crippen LogP contribution in [0.25, 0.3) is 0 Å². The van der Waals surface area contributed by atoms with Gasteiger partial charge in [-0.3, -0.25) is 14.7 Å². The molecule has 0 unspecified atom stereocenters. The minimum atomic E-state index is -0.0874. The number of aromatic amines is 1. The number of hydrogen-bond donors (Lipinski definition) is 2. The number of piperidine rings is 1. The van der Waals surface area contributed by atoms with E-state index in [-0.39, 0.29) is 11.8 Å². The highest BCUT2D eigenvalue weighted by Gasteiger charge is 2.25. The third kappa shape index (κ3) is 3.73. The molecule has 1 aromatic heterocycles. The van der Waals surface area contributed by atoms with Gasteiger partial charge in [0.15, 0.2) is 5.82 Å². The second-order valence-corrected chi connectivity index (χ2v) is 6.88. The number of nitrogens with zero attached hydrogens (tertiary/aromatic N) is 2. The Hall–Kier alpha value is -2.63. The molecule has 1 aliphatic carbocycles. The normalized spacial score (nSPS) is 17.6. The van der Waals surface area contributed by atoms with Crippen molar-refractivity contribution in [1.29, 1.82) is 0 Å². The zero-order valence-electron chi connectivity index (χ0n) is 14.1. The molecular formula is C19H22N4O2. The number of nitrogens with one attached hydrogen (secondary N) is 2. The lowest BCUT2D eigenvalue weighted by Gasteiger charge is -2.26. The summed E-state index contributed by atoms with van der Waals surface area (Å²) in [5, 5.41) is 9.96. The maximum Gasteiger partial charge on any atom is 0.229 e. The van der Waals surface area contributed by atoms with Crippen LogP contribution in [-0.4, -0.2) is 28.6 Å². The maximum absolute atomic E-state index is 12.2. The Labute approximate surface area is 146 Å². The molecule has 0 radical (unpaired) electrons. The Kier molecular flexibility index (Phi) is 4.26. The average Bonchev–Trinajstić information content (AvgIpc) is 3.36. The fourth-order valence-electron chi connectivity index (χ4n) is 3.25. The molecule has 2 aromatic rings. The summed E-state index contributed by atoms with van der Waals surface area (Å²) in [7, 11) is 0. The smallest absolute Gasteiger partial charge is 0.229 e. The van der Waals surface area contributed by atoms with Gasteiger partial charge >= 0.3 is 0 Å². The van der Waals surface area contributed by atoms with E-state index in [0.717, 1.165) is 36.3 Å². The lowest BCUT2D eigenvalue weighted by molar-refractivity contribution is -0.119. The minimum Gasteiger partial charge on any atom is -0.312 e. The number of aromatic nitrogens is 2. The molecule has 1 saturated carbocycles. The summed E-state index contributed by atoms with van der Waals surface area (Å²) in [5.41, 5.74) is 2.93. The fraction of sp³-hybridized carbons (Fsp3) is 0.421. The predicted octanol–water partition coefficient (Wildman–Crippen LogP) is 2.99. The number of hydrogen-bond acceptors (Lipinski definition) is 3. The SMILES string of the molecule is O=C(Cc1ccc(N2CCCCC2=O)cc1)Nc1cc(C2CC2)[nH]n1. The van der Waals surface area contributed by atoms with Gasteiger partial charge in [0.1, 0.15) is 0 Å². The van der Waals surface area contributed by atoms with Crippen molar-refractivity contribution in [3.05, 3.63) is 41.6 Å². The van der Waals surface area contributed by atoms with Crippen LogP contribution in [0.15, 0.2) is 30.3 Å². The molecule has 2 aliphatic rings. The van der Waals surface area contributed by atoms with E-state index >= 15 is 0 Å². The molecule has 4 rings (SSSR count). The molecule has 0 spiro atoms. The Morgan fingerprint density at radius 3 is 2.76 bits per heavy atom. The van der Waals surface area contributed by atoms with Gasteiger partial charge in [-0.05, 0) is 43.4 Å². The highest BCUT2D eigenvalue weighted by Crippen LogP contribution is 2.39. The summed E-state index contributed by atoms with van der Waals surface area (Å²) < 4.78 is 0. The number of H-pyrrole nitrogens is 1. The van der Waals surface area contributed by atoms with Gasteiger partial charge in [0.05, 0.1) is 6.42 Å². The molecule has 1 saturated heterocycles. The van der Waals surface area contributed by atoms with Crippen molar-refractivity contribution in [2.75, 3.05) is 16.8 Å². The van der Waals surface area contributed by atoms with Crippen LogP contribution in [0.2, 0.25) is 0 Å². The molecule has 2 fully saturated rings. The molecular weight excluding hydrogens is 316 g/mol. The summed E-state index contributed by atoms with van der Waals surface area (Å²) in [6.45, 7) is 0.779. The molecule has 2 N–H and O–H groups in total. The van der Waals surface area contributed by atoms with Crippen LogP contribution in [0.1, 0.15) is 49.3 Å². The summed E-state index contributed by atoms with van der Waals surface area (Å²) in [6.07, 6.45) is 5.32. The van der Waals surface area contributed by atoms with Gasteiger partial charge in [-0.1, -0.05) is 12.1 Å². The Bertz CT molecular complexity index is 777. The van der Waals surface area contributed by atoms with Gasteiger partial charge < -0.3 is 10.2 Å². The monoisotopic (exact) mass is 338 g/mol. The highest BCUT2D eigenvalue weighted by atomic mass is 16.2. The van der Waals surface area contributed by atoms with E-state index in [9.17, 15) is 9.59 Å². The van der Waals surface area contributed by atoms with Gasteiger partial charge in [0.2, 0.25) is 11.8 Å². The number of carbonyl (C=O) groups is 2. The van der Waals surface area contributed by atoms with Crippen molar-refractivity contribution in [1.82, 2.24) is 10.2 Å². The molecule has 2 heterocycles. The van der Waals surface area contributed by atoms with Crippen molar-refractivity contribution >= 4 is 23.3 Å².